The normalized spacial score (nSPS) is 30.2. The zero-order valence-corrected chi connectivity index (χ0v) is 49.3. The van der Waals surface area contributed by atoms with Gasteiger partial charge in [0.05, 0.1) is 64.6 Å². The molecule has 3 saturated heterocycles. The number of rotatable bonds is 38. The maximum absolute atomic E-state index is 12.9. The standard InChI is InChI=1S/C58H101NO18/c1-37-40(4)51(31-72-46(10)60)75-55(43(37)7)69-25-16-14-19-49(63)21-28-66-34-58(13,35-67-29-22-50(64)20-15-17-26-70-56-44(8)38(2)41(5)52(76-56)32-73-47(11)61)36-68-30-23-54(65)59-24-18-27-71-57-45(9)39(3)42(6)53(77-57)33-74-48(12)62/h37-45,51-53,55-57H,14-36H2,1-13H3,(H,59,65)/t37-,38-,39-,40+,41+,42+,43?,44?,45?,51?,52?,53?,55+,56+,57+,58?/m0/s1. The first kappa shape index (κ1) is 68.1. The van der Waals surface area contributed by atoms with Crippen molar-refractivity contribution in [1.29, 1.82) is 0 Å². The summed E-state index contributed by atoms with van der Waals surface area (Å²) in [6, 6.07) is 0. The molecule has 0 aromatic carbocycles. The lowest BCUT2D eigenvalue weighted by Gasteiger charge is -2.43. The number of ether oxygens (including phenoxy) is 12. The molecule has 19 heteroatoms. The molecule has 3 fully saturated rings. The number of nitrogens with one attached hydrogen (secondary N) is 1. The molecule has 19 nitrogen and oxygen atoms in total. The highest BCUT2D eigenvalue weighted by molar-refractivity contribution is 5.78. The second kappa shape index (κ2) is 36.3. The fourth-order valence-corrected chi connectivity index (χ4v) is 9.90. The Hall–Kier alpha value is -3.14. The predicted octanol–water partition coefficient (Wildman–Crippen LogP) is 7.84. The van der Waals surface area contributed by atoms with Crippen LogP contribution < -0.4 is 5.32 Å². The van der Waals surface area contributed by atoms with Crippen molar-refractivity contribution >= 4 is 35.4 Å². The summed E-state index contributed by atoms with van der Waals surface area (Å²) in [5.41, 5.74) is -0.630. The van der Waals surface area contributed by atoms with Crippen LogP contribution in [0.5, 0.6) is 0 Å². The Morgan fingerprint density at radius 3 is 1.06 bits per heavy atom. The van der Waals surface area contributed by atoms with Crippen LogP contribution in [0.4, 0.5) is 0 Å². The summed E-state index contributed by atoms with van der Waals surface area (Å²) < 4.78 is 70.6. The smallest absolute Gasteiger partial charge is 0.302 e. The highest BCUT2D eigenvalue weighted by atomic mass is 16.7. The first-order valence-corrected chi connectivity index (χ1v) is 28.8. The maximum Gasteiger partial charge on any atom is 0.302 e. The molecule has 3 aliphatic heterocycles. The van der Waals surface area contributed by atoms with Gasteiger partial charge in [-0.15, -0.1) is 0 Å². The summed E-state index contributed by atoms with van der Waals surface area (Å²) in [6.07, 6.45) is 2.77. The molecule has 0 radical (unpaired) electrons. The lowest BCUT2D eigenvalue weighted by Crippen LogP contribution is -2.48. The Morgan fingerprint density at radius 1 is 0.403 bits per heavy atom. The van der Waals surface area contributed by atoms with Gasteiger partial charge in [-0.1, -0.05) is 69.2 Å². The number of hydrogen-bond acceptors (Lipinski definition) is 18. The lowest BCUT2D eigenvalue weighted by molar-refractivity contribution is -0.255. The molecule has 0 bridgehead atoms. The van der Waals surface area contributed by atoms with Gasteiger partial charge in [-0.25, -0.2) is 0 Å². The number of Topliss-reactive ketones (excluding diaryl/α,β-unsaturated/α-hetero) is 2. The number of unbranched alkanes of at least 4 members (excludes halogenated alkanes) is 2. The average molecular weight is 1100 g/mol. The fourth-order valence-electron chi connectivity index (χ4n) is 9.90. The van der Waals surface area contributed by atoms with E-state index in [1.807, 2.05) is 6.92 Å². The Bertz CT molecular complexity index is 1560. The molecule has 3 heterocycles. The third kappa shape index (κ3) is 25.5. The summed E-state index contributed by atoms with van der Waals surface area (Å²) in [6.45, 7) is 28.8. The molecule has 3 rings (SSSR count). The fraction of sp³-hybridized carbons (Fsp3) is 0.897. The molecule has 6 unspecified atom stereocenters. The van der Waals surface area contributed by atoms with Gasteiger partial charge in [0, 0.05) is 95.8 Å². The summed E-state index contributed by atoms with van der Waals surface area (Å²) in [7, 11) is 0. The number of esters is 3. The predicted molar refractivity (Wildman–Crippen MR) is 286 cm³/mol. The second-order valence-corrected chi connectivity index (χ2v) is 22.8. The summed E-state index contributed by atoms with van der Waals surface area (Å²) in [5.74, 6) is 1.05. The van der Waals surface area contributed by atoms with E-state index < -0.39 is 24.3 Å². The number of amides is 1. The van der Waals surface area contributed by atoms with Crippen molar-refractivity contribution < 1.29 is 85.6 Å². The van der Waals surface area contributed by atoms with Gasteiger partial charge >= 0.3 is 17.9 Å². The van der Waals surface area contributed by atoms with Gasteiger partial charge in [-0.3, -0.25) is 28.8 Å². The van der Waals surface area contributed by atoms with Crippen LogP contribution in [0, 0.1) is 58.7 Å². The summed E-state index contributed by atoms with van der Waals surface area (Å²) in [5, 5.41) is 2.93. The Balaban J connectivity index is 1.39. The molecule has 77 heavy (non-hydrogen) atoms. The summed E-state index contributed by atoms with van der Waals surface area (Å²) in [4.78, 5) is 72.7. The monoisotopic (exact) mass is 1100 g/mol. The summed E-state index contributed by atoms with van der Waals surface area (Å²) >= 11 is 0. The van der Waals surface area contributed by atoms with E-state index >= 15 is 0 Å². The maximum atomic E-state index is 12.9. The number of ketones is 2. The lowest BCUT2D eigenvalue weighted by atomic mass is 9.79. The van der Waals surface area contributed by atoms with E-state index in [1.54, 1.807) is 0 Å². The van der Waals surface area contributed by atoms with Crippen LogP contribution in [0.3, 0.4) is 0 Å². The van der Waals surface area contributed by atoms with Crippen LogP contribution >= 0.6 is 0 Å². The van der Waals surface area contributed by atoms with E-state index in [2.05, 4.69) is 67.6 Å². The molecular formula is C58H101NO18. The molecule has 1 N–H and O–H groups in total. The molecular weight excluding hydrogens is 999 g/mol. The van der Waals surface area contributed by atoms with Gasteiger partial charge in [0.15, 0.2) is 18.9 Å². The van der Waals surface area contributed by atoms with Crippen molar-refractivity contribution in [3.05, 3.63) is 0 Å². The zero-order valence-electron chi connectivity index (χ0n) is 49.3. The van der Waals surface area contributed by atoms with Crippen molar-refractivity contribution in [2.75, 3.05) is 85.8 Å². The van der Waals surface area contributed by atoms with Crippen molar-refractivity contribution in [2.24, 2.45) is 58.7 Å². The van der Waals surface area contributed by atoms with Crippen molar-refractivity contribution in [2.45, 2.75) is 191 Å². The first-order valence-electron chi connectivity index (χ1n) is 28.8. The number of hydrogen-bond donors (Lipinski definition) is 1. The van der Waals surface area contributed by atoms with E-state index in [0.717, 1.165) is 0 Å². The van der Waals surface area contributed by atoms with Gasteiger partial charge < -0.3 is 62.2 Å². The third-order valence-electron chi connectivity index (χ3n) is 16.4. The van der Waals surface area contributed by atoms with Crippen LogP contribution in [0.15, 0.2) is 0 Å². The molecule has 0 aromatic rings. The Labute approximate surface area is 460 Å². The van der Waals surface area contributed by atoms with E-state index in [1.165, 1.54) is 20.8 Å². The second-order valence-electron chi connectivity index (χ2n) is 22.8. The van der Waals surface area contributed by atoms with Gasteiger partial charge in [-0.05, 0) is 67.6 Å². The minimum Gasteiger partial charge on any atom is -0.463 e. The van der Waals surface area contributed by atoms with Gasteiger partial charge in [-0.2, -0.15) is 0 Å². The van der Waals surface area contributed by atoms with Gasteiger partial charge in [0.25, 0.3) is 0 Å². The quantitative estimate of drug-likeness (QED) is 0.0353. The van der Waals surface area contributed by atoms with Crippen molar-refractivity contribution in [1.82, 2.24) is 5.32 Å². The first-order chi connectivity index (χ1) is 36.5. The van der Waals surface area contributed by atoms with Crippen molar-refractivity contribution in [3.63, 3.8) is 0 Å². The number of carbonyl (C=O) groups is 6. The van der Waals surface area contributed by atoms with Crippen LogP contribution in [-0.2, 0) is 85.6 Å². The molecule has 15 atom stereocenters. The molecule has 3 aliphatic rings. The van der Waals surface area contributed by atoms with Crippen LogP contribution in [0.25, 0.3) is 0 Å². The van der Waals surface area contributed by atoms with E-state index in [4.69, 9.17) is 56.8 Å². The molecule has 0 saturated carbocycles. The van der Waals surface area contributed by atoms with Gasteiger partial charge in [0.2, 0.25) is 5.91 Å². The van der Waals surface area contributed by atoms with Crippen LogP contribution in [0.2, 0.25) is 0 Å². The van der Waals surface area contributed by atoms with Gasteiger partial charge in [0.1, 0.15) is 31.4 Å². The van der Waals surface area contributed by atoms with Crippen molar-refractivity contribution in [3.8, 4) is 0 Å². The minimum atomic E-state index is -0.630. The minimum absolute atomic E-state index is 0.0880. The highest BCUT2D eigenvalue weighted by Crippen LogP contribution is 2.38. The number of carbonyl (C=O) groups excluding carboxylic acids is 6. The topological polar surface area (TPSA) is 225 Å². The molecule has 1 amide bonds. The largest absolute Gasteiger partial charge is 0.463 e. The molecule has 446 valence electrons. The molecule has 0 spiro atoms. The van der Waals surface area contributed by atoms with Crippen LogP contribution in [0.1, 0.15) is 154 Å². The third-order valence-corrected chi connectivity index (χ3v) is 16.4. The Kier molecular flexibility index (Phi) is 32.1. The zero-order chi connectivity index (χ0) is 57.1. The molecule has 0 aromatic heterocycles. The average Bonchev–Trinajstić information content (AvgIpc) is 3.38. The highest BCUT2D eigenvalue weighted by Gasteiger charge is 2.42. The van der Waals surface area contributed by atoms with E-state index in [0.29, 0.717) is 89.1 Å². The van der Waals surface area contributed by atoms with Crippen LogP contribution in [-0.4, -0.2) is 158 Å². The van der Waals surface area contributed by atoms with E-state index in [-0.39, 0.29) is 168 Å². The Morgan fingerprint density at radius 2 is 0.727 bits per heavy atom. The SMILES string of the molecule is CC(=O)OCC1O[C@@H](OCCCCC(=O)CCOCC(C)(COCCC(=O)CCCCO[C@@H]2OC(COC(C)=O)[C@H](C)[C@H](C)C2C)COCCC(=O)NCCCO[C@@H]2OC(COC(C)=O)[C@H](C)[C@H](C)C2C)C(C)[C@@H](C)[C@H]1C. The van der Waals surface area contributed by atoms with E-state index in [9.17, 15) is 28.8 Å². The molecule has 0 aliphatic carbocycles.